The number of carbonyl (C=O) groups is 4. The summed E-state index contributed by atoms with van der Waals surface area (Å²) in [7, 11) is 0. The van der Waals surface area contributed by atoms with E-state index in [1.165, 1.54) is 34.0 Å². The maximum Gasteiger partial charge on any atom is 0.338 e. The molecular formula is C50H43FO10. The lowest BCUT2D eigenvalue weighted by molar-refractivity contribution is -0.145. The summed E-state index contributed by atoms with van der Waals surface area (Å²) in [5, 5.41) is 0. The molecule has 61 heavy (non-hydrogen) atoms. The Hall–Kier alpha value is -7.89. The van der Waals surface area contributed by atoms with Crippen LogP contribution in [0.5, 0.6) is 23.0 Å². The Labute approximate surface area is 354 Å². The Morgan fingerprint density at radius 2 is 1.13 bits per heavy atom. The first-order chi connectivity index (χ1) is 29.2. The van der Waals surface area contributed by atoms with E-state index in [0.29, 0.717) is 44.9 Å². The molecule has 0 unspecified atom stereocenters. The SMILES string of the molecule is C=C(C)C(=O)OC=COc1ccc(C#Cc2ccc(-c3cc(OC(=O)C(=C)C)c(C#Cc4ccc(OCOC(=O)C(=C)C)cc4)c(OC(=O)C(=C)C)c3CCCF)cc2)cc1. The summed E-state index contributed by atoms with van der Waals surface area (Å²) >= 11 is 0. The summed E-state index contributed by atoms with van der Waals surface area (Å²) in [5.74, 6) is 10.4. The number of hydrogen-bond acceptors (Lipinski definition) is 10. The molecule has 0 amide bonds. The van der Waals surface area contributed by atoms with Crippen molar-refractivity contribution in [2.45, 2.75) is 40.5 Å². The van der Waals surface area contributed by atoms with Crippen molar-refractivity contribution in [3.8, 4) is 57.8 Å². The first kappa shape index (κ1) is 45.8. The van der Waals surface area contributed by atoms with Gasteiger partial charge in [-0.25, -0.2) is 19.2 Å². The molecule has 4 rings (SSSR count). The van der Waals surface area contributed by atoms with Crippen molar-refractivity contribution in [1.29, 1.82) is 0 Å². The van der Waals surface area contributed by atoms with Crippen LogP contribution in [0.1, 0.15) is 61.9 Å². The molecular weight excluding hydrogens is 780 g/mol. The third kappa shape index (κ3) is 13.9. The highest BCUT2D eigenvalue weighted by Crippen LogP contribution is 2.41. The van der Waals surface area contributed by atoms with Gasteiger partial charge in [0, 0.05) is 44.5 Å². The number of carbonyl (C=O) groups excluding carboxylic acids is 4. The molecule has 0 fully saturated rings. The van der Waals surface area contributed by atoms with Gasteiger partial charge < -0.3 is 28.4 Å². The molecule has 11 heteroatoms. The van der Waals surface area contributed by atoms with E-state index in [9.17, 15) is 23.6 Å². The maximum absolute atomic E-state index is 13.8. The summed E-state index contributed by atoms with van der Waals surface area (Å²) < 4.78 is 46.3. The molecule has 0 N–H and O–H groups in total. The first-order valence-electron chi connectivity index (χ1n) is 18.7. The van der Waals surface area contributed by atoms with E-state index >= 15 is 0 Å². The average molecular weight is 823 g/mol. The molecule has 0 aliphatic heterocycles. The molecule has 0 aliphatic carbocycles. The van der Waals surface area contributed by atoms with E-state index in [1.807, 2.05) is 0 Å². The standard InChI is InChI=1S/C50H43FO10/c1-32(2)47(52)57-29-28-56-40-22-15-37(16-23-40)12-11-36-13-20-39(21-14-36)44-30-45(60-49(54)34(5)6)43(46(42(44)10-9-27-51)61-50(55)35(7)8)26-19-38-17-24-41(25-18-38)58-31-59-48(53)33(3)4/h13-18,20-25,28-30H,1,3,5,7,9-10,27,31H2,2,4,6,8H3. The summed E-state index contributed by atoms with van der Waals surface area (Å²) in [5.41, 5.74) is 4.23. The predicted molar refractivity (Wildman–Crippen MR) is 229 cm³/mol. The topological polar surface area (TPSA) is 124 Å². The normalized spacial score (nSPS) is 10.2. The third-order valence-corrected chi connectivity index (χ3v) is 8.14. The van der Waals surface area contributed by atoms with Gasteiger partial charge in [-0.05, 0) is 118 Å². The number of esters is 4. The first-order valence-corrected chi connectivity index (χ1v) is 18.7. The second-order valence-electron chi connectivity index (χ2n) is 13.4. The Bertz CT molecular complexity index is 2500. The van der Waals surface area contributed by atoms with Crippen LogP contribution < -0.4 is 18.9 Å². The average Bonchev–Trinajstić information content (AvgIpc) is 3.24. The van der Waals surface area contributed by atoms with Crippen LogP contribution in [0.2, 0.25) is 0 Å². The minimum Gasteiger partial charge on any atom is -0.462 e. The highest BCUT2D eigenvalue weighted by atomic mass is 19.1. The van der Waals surface area contributed by atoms with Gasteiger partial charge in [0.25, 0.3) is 0 Å². The summed E-state index contributed by atoms with van der Waals surface area (Å²) in [6.07, 6.45) is 2.58. The zero-order valence-corrected chi connectivity index (χ0v) is 34.3. The molecule has 0 bridgehead atoms. The van der Waals surface area contributed by atoms with Gasteiger partial charge >= 0.3 is 23.9 Å². The van der Waals surface area contributed by atoms with Gasteiger partial charge in [-0.15, -0.1) is 0 Å². The highest BCUT2D eigenvalue weighted by Gasteiger charge is 2.25. The van der Waals surface area contributed by atoms with Crippen LogP contribution in [0.15, 0.2) is 140 Å². The molecule has 0 atom stereocenters. The van der Waals surface area contributed by atoms with Gasteiger partial charge in [0.15, 0.2) is 11.5 Å². The number of alkyl halides is 1. The van der Waals surface area contributed by atoms with E-state index < -0.39 is 30.6 Å². The van der Waals surface area contributed by atoms with Crippen LogP contribution in [-0.4, -0.2) is 37.3 Å². The number of hydrogen-bond donors (Lipinski definition) is 0. The fraction of sp³-hybridized carbons (Fsp3) is 0.160. The Kier molecular flexibility index (Phi) is 16.8. The summed E-state index contributed by atoms with van der Waals surface area (Å²) in [6, 6.07) is 22.3. The van der Waals surface area contributed by atoms with Gasteiger partial charge in [-0.3, -0.25) is 4.39 Å². The van der Waals surface area contributed by atoms with Crippen LogP contribution in [0.3, 0.4) is 0 Å². The van der Waals surface area contributed by atoms with Crippen LogP contribution in [-0.2, 0) is 35.1 Å². The smallest absolute Gasteiger partial charge is 0.338 e. The number of halogens is 1. The lowest BCUT2D eigenvalue weighted by Crippen LogP contribution is -2.15. The number of ether oxygens (including phenoxy) is 6. The quantitative estimate of drug-likeness (QED) is 0.0270. The van der Waals surface area contributed by atoms with E-state index in [1.54, 1.807) is 78.9 Å². The van der Waals surface area contributed by atoms with E-state index in [2.05, 4.69) is 50.0 Å². The van der Waals surface area contributed by atoms with E-state index in [0.717, 1.165) is 6.26 Å². The molecule has 0 radical (unpaired) electrons. The molecule has 0 aromatic heterocycles. The molecule has 10 nitrogen and oxygen atoms in total. The number of benzene rings is 4. The minimum absolute atomic E-state index is 0.0186. The molecule has 0 saturated heterocycles. The van der Waals surface area contributed by atoms with Crippen molar-refractivity contribution in [2.24, 2.45) is 0 Å². The lowest BCUT2D eigenvalue weighted by atomic mass is 9.92. The molecule has 310 valence electrons. The van der Waals surface area contributed by atoms with E-state index in [-0.39, 0.29) is 59.0 Å². The Morgan fingerprint density at radius 3 is 1.67 bits per heavy atom. The second-order valence-corrected chi connectivity index (χ2v) is 13.4. The van der Waals surface area contributed by atoms with Gasteiger partial charge in [0.1, 0.15) is 29.6 Å². The van der Waals surface area contributed by atoms with Gasteiger partial charge in [0.2, 0.25) is 6.79 Å². The molecule has 0 spiro atoms. The van der Waals surface area contributed by atoms with Crippen LogP contribution in [0.25, 0.3) is 11.1 Å². The number of rotatable bonds is 16. The fourth-order valence-corrected chi connectivity index (χ4v) is 4.94. The maximum atomic E-state index is 13.8. The monoisotopic (exact) mass is 822 g/mol. The van der Waals surface area contributed by atoms with Gasteiger partial charge in [-0.2, -0.15) is 0 Å². The van der Waals surface area contributed by atoms with Crippen molar-refractivity contribution >= 4 is 23.9 Å². The molecule has 4 aromatic carbocycles. The van der Waals surface area contributed by atoms with Crippen molar-refractivity contribution in [3.05, 3.63) is 168 Å². The van der Waals surface area contributed by atoms with Crippen molar-refractivity contribution in [2.75, 3.05) is 13.5 Å². The van der Waals surface area contributed by atoms with Gasteiger partial charge in [0.05, 0.1) is 6.67 Å². The predicted octanol–water partition coefficient (Wildman–Crippen LogP) is 9.44. The third-order valence-electron chi connectivity index (χ3n) is 8.14. The molecule has 0 saturated carbocycles. The van der Waals surface area contributed by atoms with Gasteiger partial charge in [-0.1, -0.05) is 62.1 Å². The zero-order valence-electron chi connectivity index (χ0n) is 34.3. The van der Waals surface area contributed by atoms with Crippen LogP contribution >= 0.6 is 0 Å². The molecule has 0 heterocycles. The largest absolute Gasteiger partial charge is 0.462 e. The molecule has 0 aliphatic rings. The van der Waals surface area contributed by atoms with Crippen molar-refractivity contribution in [1.82, 2.24) is 0 Å². The second kappa shape index (κ2) is 22.3. The summed E-state index contributed by atoms with van der Waals surface area (Å²) in [6.45, 7) is 19.5. The Balaban J connectivity index is 1.72. The highest BCUT2D eigenvalue weighted by molar-refractivity contribution is 5.92. The van der Waals surface area contributed by atoms with E-state index in [4.69, 9.17) is 28.4 Å². The van der Waals surface area contributed by atoms with Crippen LogP contribution in [0.4, 0.5) is 4.39 Å². The van der Waals surface area contributed by atoms with Crippen LogP contribution in [0, 0.1) is 23.7 Å². The zero-order chi connectivity index (χ0) is 44.5. The van der Waals surface area contributed by atoms with Crippen molar-refractivity contribution in [3.63, 3.8) is 0 Å². The lowest BCUT2D eigenvalue weighted by Gasteiger charge is -2.20. The van der Waals surface area contributed by atoms with Crippen molar-refractivity contribution < 1.29 is 52.0 Å². The Morgan fingerprint density at radius 1 is 0.623 bits per heavy atom. The molecule has 4 aromatic rings. The minimum atomic E-state index is -0.765. The summed E-state index contributed by atoms with van der Waals surface area (Å²) in [4.78, 5) is 49.3. The fourth-order valence-electron chi connectivity index (χ4n) is 4.94.